The van der Waals surface area contributed by atoms with E-state index in [0.717, 1.165) is 33.7 Å². The van der Waals surface area contributed by atoms with E-state index in [0.29, 0.717) is 5.92 Å². The van der Waals surface area contributed by atoms with Crippen LogP contribution < -0.4 is 10.1 Å². The van der Waals surface area contributed by atoms with Crippen LogP contribution in [-0.2, 0) is 9.59 Å². The largest absolute Gasteiger partial charge is 0.483 e. The molecule has 2 aromatic rings. The topological polar surface area (TPSA) is 58.6 Å². The number of nitrogens with one attached hydrogen (secondary N) is 1. The zero-order chi connectivity index (χ0) is 20.8. The molecule has 0 fully saturated rings. The second-order valence-corrected chi connectivity index (χ2v) is 7.53. The summed E-state index contributed by atoms with van der Waals surface area (Å²) in [6.45, 7) is 9.99. The highest BCUT2D eigenvalue weighted by molar-refractivity contribution is 5.95. The molecule has 2 aromatic carbocycles. The maximum atomic E-state index is 12.4. The van der Waals surface area contributed by atoms with Gasteiger partial charge in [0.15, 0.2) is 6.61 Å². The molecule has 0 unspecified atom stereocenters. The van der Waals surface area contributed by atoms with Crippen LogP contribution in [-0.4, -0.2) is 36.9 Å². The molecule has 150 valence electrons. The van der Waals surface area contributed by atoms with E-state index in [1.807, 2.05) is 57.2 Å². The predicted octanol–water partition coefficient (Wildman–Crippen LogP) is 4.21. The number of hydrogen-bond acceptors (Lipinski definition) is 3. The van der Waals surface area contributed by atoms with E-state index in [9.17, 15) is 9.59 Å². The van der Waals surface area contributed by atoms with Gasteiger partial charge in [0.1, 0.15) is 5.75 Å². The Kier molecular flexibility index (Phi) is 7.21. The van der Waals surface area contributed by atoms with Crippen molar-refractivity contribution in [2.75, 3.05) is 25.5 Å². The summed E-state index contributed by atoms with van der Waals surface area (Å²) in [5, 5.41) is 2.87. The summed E-state index contributed by atoms with van der Waals surface area (Å²) in [7, 11) is 1.61. The first-order valence-corrected chi connectivity index (χ1v) is 9.52. The fraction of sp³-hybridized carbons (Fsp3) is 0.391. The molecule has 0 aromatic heterocycles. The van der Waals surface area contributed by atoms with Crippen LogP contribution in [0.15, 0.2) is 36.4 Å². The Bertz CT molecular complexity index is 859. The van der Waals surface area contributed by atoms with Crippen molar-refractivity contribution in [3.63, 3.8) is 0 Å². The highest BCUT2D eigenvalue weighted by Crippen LogP contribution is 2.27. The molecule has 1 N–H and O–H groups in total. The van der Waals surface area contributed by atoms with Crippen molar-refractivity contribution < 1.29 is 14.3 Å². The van der Waals surface area contributed by atoms with Crippen LogP contribution in [0.2, 0.25) is 0 Å². The molecule has 0 atom stereocenters. The molecule has 2 amide bonds. The fourth-order valence-electron chi connectivity index (χ4n) is 2.87. The highest BCUT2D eigenvalue weighted by Gasteiger charge is 2.16. The van der Waals surface area contributed by atoms with Gasteiger partial charge < -0.3 is 15.0 Å². The standard InChI is InChI=1S/C23H30N2O3/c1-15(2)19-11-10-16(3)12-21(19)28-14-23(27)25(6)13-22(26)24-20-9-7-8-17(4)18(20)5/h7-12,15H,13-14H2,1-6H3,(H,24,26). The lowest BCUT2D eigenvalue weighted by molar-refractivity contribution is -0.135. The Morgan fingerprint density at radius 1 is 1.11 bits per heavy atom. The number of carbonyl (C=O) groups excluding carboxylic acids is 2. The molecule has 0 bridgehead atoms. The summed E-state index contributed by atoms with van der Waals surface area (Å²) < 4.78 is 5.77. The van der Waals surface area contributed by atoms with Crippen molar-refractivity contribution in [1.82, 2.24) is 4.90 Å². The van der Waals surface area contributed by atoms with Gasteiger partial charge in [-0.05, 0) is 61.1 Å². The lowest BCUT2D eigenvalue weighted by atomic mass is 10.0. The quantitative estimate of drug-likeness (QED) is 0.780. The van der Waals surface area contributed by atoms with Crippen molar-refractivity contribution in [3.05, 3.63) is 58.7 Å². The van der Waals surface area contributed by atoms with Crippen molar-refractivity contribution in [2.24, 2.45) is 0 Å². The van der Waals surface area contributed by atoms with Crippen LogP contribution in [0.25, 0.3) is 0 Å². The smallest absolute Gasteiger partial charge is 0.260 e. The molecular weight excluding hydrogens is 352 g/mol. The van der Waals surface area contributed by atoms with E-state index in [2.05, 4.69) is 19.2 Å². The van der Waals surface area contributed by atoms with Crippen molar-refractivity contribution in [1.29, 1.82) is 0 Å². The van der Waals surface area contributed by atoms with Gasteiger partial charge in [0.2, 0.25) is 5.91 Å². The molecule has 0 saturated carbocycles. The monoisotopic (exact) mass is 382 g/mol. The molecule has 0 aliphatic carbocycles. The molecule has 0 spiro atoms. The number of rotatable bonds is 7. The first kappa shape index (κ1) is 21.5. The van der Waals surface area contributed by atoms with E-state index < -0.39 is 0 Å². The van der Waals surface area contributed by atoms with Gasteiger partial charge in [-0.3, -0.25) is 9.59 Å². The van der Waals surface area contributed by atoms with Crippen LogP contribution in [0.5, 0.6) is 5.75 Å². The lowest BCUT2D eigenvalue weighted by Gasteiger charge is -2.19. The highest BCUT2D eigenvalue weighted by atomic mass is 16.5. The summed E-state index contributed by atoms with van der Waals surface area (Å²) in [6, 6.07) is 11.8. The van der Waals surface area contributed by atoms with E-state index in [1.165, 1.54) is 4.90 Å². The first-order chi connectivity index (χ1) is 13.2. The van der Waals surface area contributed by atoms with Crippen LogP contribution in [0, 0.1) is 20.8 Å². The van der Waals surface area contributed by atoms with Gasteiger partial charge in [0.25, 0.3) is 5.91 Å². The number of likely N-dealkylation sites (N-methyl/N-ethyl adjacent to an activating group) is 1. The minimum atomic E-state index is -0.243. The Hall–Kier alpha value is -2.82. The normalized spacial score (nSPS) is 10.7. The van der Waals surface area contributed by atoms with Gasteiger partial charge in [-0.1, -0.05) is 38.1 Å². The summed E-state index contributed by atoms with van der Waals surface area (Å²) in [6.07, 6.45) is 0. The zero-order valence-corrected chi connectivity index (χ0v) is 17.6. The van der Waals surface area contributed by atoms with Crippen LogP contribution in [0.4, 0.5) is 5.69 Å². The molecule has 5 heteroatoms. The van der Waals surface area contributed by atoms with E-state index >= 15 is 0 Å². The number of nitrogens with zero attached hydrogens (tertiary/aromatic N) is 1. The maximum Gasteiger partial charge on any atom is 0.260 e. The van der Waals surface area contributed by atoms with Crippen LogP contribution in [0.3, 0.4) is 0 Å². The van der Waals surface area contributed by atoms with Gasteiger partial charge in [0, 0.05) is 12.7 Å². The van der Waals surface area contributed by atoms with Gasteiger partial charge >= 0.3 is 0 Å². The molecular formula is C23H30N2O3. The second-order valence-electron chi connectivity index (χ2n) is 7.53. The second kappa shape index (κ2) is 9.40. The van der Waals surface area contributed by atoms with E-state index in [-0.39, 0.29) is 25.0 Å². The minimum Gasteiger partial charge on any atom is -0.483 e. The van der Waals surface area contributed by atoms with E-state index in [4.69, 9.17) is 4.74 Å². The zero-order valence-electron chi connectivity index (χ0n) is 17.6. The van der Waals surface area contributed by atoms with E-state index in [1.54, 1.807) is 7.05 Å². The number of hydrogen-bond donors (Lipinski definition) is 1. The SMILES string of the molecule is Cc1ccc(C(C)C)c(OCC(=O)N(C)CC(=O)Nc2cccc(C)c2C)c1. The van der Waals surface area contributed by atoms with Gasteiger partial charge in [-0.15, -0.1) is 0 Å². The van der Waals surface area contributed by atoms with Crippen LogP contribution in [0.1, 0.15) is 42.0 Å². The predicted molar refractivity (Wildman–Crippen MR) is 113 cm³/mol. The van der Waals surface area contributed by atoms with Gasteiger partial charge in [-0.25, -0.2) is 0 Å². The summed E-state index contributed by atoms with van der Waals surface area (Å²) in [5.74, 6) is 0.540. The first-order valence-electron chi connectivity index (χ1n) is 9.52. The molecule has 0 saturated heterocycles. The van der Waals surface area contributed by atoms with Gasteiger partial charge in [-0.2, -0.15) is 0 Å². The Morgan fingerprint density at radius 2 is 1.82 bits per heavy atom. The Morgan fingerprint density at radius 3 is 2.50 bits per heavy atom. The lowest BCUT2D eigenvalue weighted by Crippen LogP contribution is -2.37. The average Bonchev–Trinajstić information content (AvgIpc) is 2.63. The summed E-state index contributed by atoms with van der Waals surface area (Å²) in [5.41, 5.74) is 5.04. The Balaban J connectivity index is 1.93. The number of ether oxygens (including phenoxy) is 1. The number of anilines is 1. The Labute approximate surface area is 167 Å². The molecule has 2 rings (SSSR count). The van der Waals surface area contributed by atoms with Crippen molar-refractivity contribution in [3.8, 4) is 5.75 Å². The average molecular weight is 383 g/mol. The summed E-state index contributed by atoms with van der Waals surface area (Å²) >= 11 is 0. The summed E-state index contributed by atoms with van der Waals surface area (Å²) in [4.78, 5) is 26.1. The molecule has 0 aliphatic rings. The molecule has 0 heterocycles. The third kappa shape index (κ3) is 5.59. The maximum absolute atomic E-state index is 12.4. The third-order valence-electron chi connectivity index (χ3n) is 4.83. The van der Waals surface area contributed by atoms with Crippen molar-refractivity contribution in [2.45, 2.75) is 40.5 Å². The number of aryl methyl sites for hydroxylation is 2. The molecule has 0 aliphatic heterocycles. The number of amides is 2. The number of benzene rings is 2. The molecule has 28 heavy (non-hydrogen) atoms. The number of carbonyl (C=O) groups is 2. The third-order valence-corrected chi connectivity index (χ3v) is 4.83. The molecule has 0 radical (unpaired) electrons. The van der Waals surface area contributed by atoms with Crippen LogP contribution >= 0.6 is 0 Å². The fourth-order valence-corrected chi connectivity index (χ4v) is 2.87. The minimum absolute atomic E-state index is 0.0274. The van der Waals surface area contributed by atoms with Crippen molar-refractivity contribution >= 4 is 17.5 Å². The molecule has 5 nitrogen and oxygen atoms in total. The van der Waals surface area contributed by atoms with Gasteiger partial charge in [0.05, 0.1) is 6.54 Å².